The first-order valence-corrected chi connectivity index (χ1v) is 8.91. The molecule has 0 aliphatic heterocycles. The number of pyridine rings is 1. The third-order valence-corrected chi connectivity index (χ3v) is 5.07. The van der Waals surface area contributed by atoms with Crippen LogP contribution in [0.3, 0.4) is 0 Å². The average Bonchev–Trinajstić information content (AvgIpc) is 3.32. The molecule has 0 atom stereocenters. The quantitative estimate of drug-likeness (QED) is 0.775. The van der Waals surface area contributed by atoms with Gasteiger partial charge in [0.15, 0.2) is 5.82 Å². The molecule has 2 N–H and O–H groups in total. The van der Waals surface area contributed by atoms with Gasteiger partial charge in [-0.2, -0.15) is 4.98 Å². The minimum absolute atomic E-state index is 0.450. The SMILES string of the molecule is CN(C)c1ccc(-c2cncc(-c3nc(C4(N)CCCC4)no3)c2)cc1. The van der Waals surface area contributed by atoms with Crippen molar-refractivity contribution in [2.45, 2.75) is 31.2 Å². The van der Waals surface area contributed by atoms with E-state index in [9.17, 15) is 0 Å². The molecule has 1 aliphatic carbocycles. The Morgan fingerprint density at radius 2 is 1.69 bits per heavy atom. The lowest BCUT2D eigenvalue weighted by Gasteiger charge is -2.17. The third kappa shape index (κ3) is 3.08. The summed E-state index contributed by atoms with van der Waals surface area (Å²) in [5.41, 5.74) is 10.0. The van der Waals surface area contributed by atoms with Gasteiger partial charge >= 0.3 is 0 Å². The van der Waals surface area contributed by atoms with Gasteiger partial charge in [0.25, 0.3) is 5.89 Å². The van der Waals surface area contributed by atoms with Crippen molar-refractivity contribution >= 4 is 5.69 Å². The second-order valence-electron chi connectivity index (χ2n) is 7.19. The topological polar surface area (TPSA) is 81.1 Å². The minimum Gasteiger partial charge on any atom is -0.378 e. The first-order valence-electron chi connectivity index (χ1n) is 8.91. The van der Waals surface area contributed by atoms with Crippen LogP contribution in [0.15, 0.2) is 47.2 Å². The molecule has 4 rings (SSSR count). The van der Waals surface area contributed by atoms with E-state index in [1.165, 1.54) is 0 Å². The molecule has 0 amide bonds. The van der Waals surface area contributed by atoms with E-state index in [1.54, 1.807) is 6.20 Å². The summed E-state index contributed by atoms with van der Waals surface area (Å²) in [6, 6.07) is 10.4. The van der Waals surface area contributed by atoms with E-state index in [1.807, 2.05) is 26.4 Å². The average molecular weight is 349 g/mol. The molecule has 1 aromatic carbocycles. The number of rotatable bonds is 4. The summed E-state index contributed by atoms with van der Waals surface area (Å²) in [4.78, 5) is 11.0. The third-order valence-electron chi connectivity index (χ3n) is 5.07. The molecule has 6 nitrogen and oxygen atoms in total. The molecule has 3 aromatic rings. The largest absolute Gasteiger partial charge is 0.378 e. The fourth-order valence-corrected chi connectivity index (χ4v) is 3.44. The summed E-state index contributed by atoms with van der Waals surface area (Å²) in [6.45, 7) is 0. The highest BCUT2D eigenvalue weighted by Gasteiger charge is 2.36. The van der Waals surface area contributed by atoms with Crippen molar-refractivity contribution in [3.8, 4) is 22.6 Å². The van der Waals surface area contributed by atoms with Crippen LogP contribution < -0.4 is 10.6 Å². The number of anilines is 1. The second kappa shape index (κ2) is 6.53. The zero-order valence-corrected chi connectivity index (χ0v) is 15.1. The van der Waals surface area contributed by atoms with Crippen molar-refractivity contribution in [3.63, 3.8) is 0 Å². The van der Waals surface area contributed by atoms with Crippen LogP contribution in [-0.2, 0) is 5.54 Å². The number of hydrogen-bond acceptors (Lipinski definition) is 6. The van der Waals surface area contributed by atoms with Crippen LogP contribution in [0.25, 0.3) is 22.6 Å². The zero-order valence-electron chi connectivity index (χ0n) is 15.1. The maximum absolute atomic E-state index is 6.43. The van der Waals surface area contributed by atoms with Gasteiger partial charge in [0.1, 0.15) is 0 Å². The smallest absolute Gasteiger partial charge is 0.259 e. The van der Waals surface area contributed by atoms with E-state index in [0.29, 0.717) is 11.7 Å². The summed E-state index contributed by atoms with van der Waals surface area (Å²) in [5.74, 6) is 1.07. The van der Waals surface area contributed by atoms with Crippen LogP contribution in [-0.4, -0.2) is 29.2 Å². The lowest BCUT2D eigenvalue weighted by molar-refractivity contribution is 0.372. The molecule has 6 heteroatoms. The Morgan fingerprint density at radius 3 is 2.38 bits per heavy atom. The van der Waals surface area contributed by atoms with E-state index in [-0.39, 0.29) is 0 Å². The van der Waals surface area contributed by atoms with Gasteiger partial charge in [0, 0.05) is 37.7 Å². The van der Waals surface area contributed by atoms with E-state index in [0.717, 1.165) is 48.1 Å². The summed E-state index contributed by atoms with van der Waals surface area (Å²) in [6.07, 6.45) is 7.62. The number of nitrogens with zero attached hydrogens (tertiary/aromatic N) is 4. The number of nitrogens with two attached hydrogens (primary N) is 1. The summed E-state index contributed by atoms with van der Waals surface area (Å²) >= 11 is 0. The van der Waals surface area contributed by atoms with Crippen molar-refractivity contribution in [1.82, 2.24) is 15.1 Å². The Hall–Kier alpha value is -2.73. The molecule has 1 aliphatic rings. The predicted octanol–water partition coefficient (Wildman–Crippen LogP) is 3.59. The normalized spacial score (nSPS) is 16.0. The van der Waals surface area contributed by atoms with E-state index < -0.39 is 5.54 Å². The molecular formula is C20H23N5O. The van der Waals surface area contributed by atoms with Crippen molar-refractivity contribution in [1.29, 1.82) is 0 Å². The highest BCUT2D eigenvalue weighted by Crippen LogP contribution is 2.35. The van der Waals surface area contributed by atoms with Crippen LogP contribution in [0.5, 0.6) is 0 Å². The Bertz CT molecular complexity index is 895. The maximum atomic E-state index is 6.43. The zero-order chi connectivity index (χ0) is 18.1. The molecule has 0 radical (unpaired) electrons. The van der Waals surface area contributed by atoms with Crippen molar-refractivity contribution in [2.24, 2.45) is 5.73 Å². The molecule has 134 valence electrons. The van der Waals surface area contributed by atoms with Gasteiger partial charge in [-0.25, -0.2) is 0 Å². The van der Waals surface area contributed by atoms with Gasteiger partial charge in [-0.05, 0) is 36.6 Å². The van der Waals surface area contributed by atoms with Crippen LogP contribution in [0, 0.1) is 0 Å². The van der Waals surface area contributed by atoms with Crippen LogP contribution in [0.4, 0.5) is 5.69 Å². The van der Waals surface area contributed by atoms with Crippen molar-refractivity contribution in [2.75, 3.05) is 19.0 Å². The maximum Gasteiger partial charge on any atom is 0.259 e. The fourth-order valence-electron chi connectivity index (χ4n) is 3.44. The lowest BCUT2D eigenvalue weighted by Crippen LogP contribution is -2.34. The van der Waals surface area contributed by atoms with Gasteiger partial charge in [-0.1, -0.05) is 30.1 Å². The number of benzene rings is 1. The standard InChI is InChI=1S/C20H23N5O/c1-25(2)17-7-5-14(6-8-17)15-11-16(13-22-12-15)18-23-19(24-26-18)20(21)9-3-4-10-20/h5-8,11-13H,3-4,9-10,21H2,1-2H3. The molecule has 0 unspecified atom stereocenters. The highest BCUT2D eigenvalue weighted by atomic mass is 16.5. The molecule has 0 saturated heterocycles. The van der Waals surface area contributed by atoms with Crippen LogP contribution in [0.1, 0.15) is 31.5 Å². The number of hydrogen-bond donors (Lipinski definition) is 1. The van der Waals surface area contributed by atoms with Gasteiger partial charge < -0.3 is 15.2 Å². The molecule has 26 heavy (non-hydrogen) atoms. The van der Waals surface area contributed by atoms with Gasteiger partial charge in [0.05, 0.1) is 11.1 Å². The first kappa shape index (κ1) is 16.7. The second-order valence-corrected chi connectivity index (χ2v) is 7.19. The minimum atomic E-state index is -0.450. The molecule has 2 aromatic heterocycles. The van der Waals surface area contributed by atoms with Gasteiger partial charge in [0.2, 0.25) is 0 Å². The Labute approximate surface area is 153 Å². The summed E-state index contributed by atoms with van der Waals surface area (Å²) < 4.78 is 5.48. The van der Waals surface area contributed by atoms with Crippen molar-refractivity contribution < 1.29 is 4.52 Å². The van der Waals surface area contributed by atoms with Crippen molar-refractivity contribution in [3.05, 3.63) is 48.5 Å². The summed E-state index contributed by atoms with van der Waals surface area (Å²) in [7, 11) is 4.05. The molecular weight excluding hydrogens is 326 g/mol. The number of aromatic nitrogens is 3. The Kier molecular flexibility index (Phi) is 4.20. The Balaban J connectivity index is 1.63. The first-order chi connectivity index (χ1) is 12.5. The van der Waals surface area contributed by atoms with E-state index in [4.69, 9.17) is 10.3 Å². The Morgan fingerprint density at radius 1 is 1.00 bits per heavy atom. The molecule has 1 saturated carbocycles. The molecule has 0 spiro atoms. The van der Waals surface area contributed by atoms with E-state index in [2.05, 4.69) is 44.3 Å². The predicted molar refractivity (Wildman–Crippen MR) is 102 cm³/mol. The van der Waals surface area contributed by atoms with Gasteiger partial charge in [-0.15, -0.1) is 0 Å². The van der Waals surface area contributed by atoms with E-state index >= 15 is 0 Å². The highest BCUT2D eigenvalue weighted by molar-refractivity contribution is 5.69. The fraction of sp³-hybridized carbons (Fsp3) is 0.350. The molecule has 1 fully saturated rings. The lowest BCUT2D eigenvalue weighted by atomic mass is 9.98. The molecule has 0 bridgehead atoms. The van der Waals surface area contributed by atoms with Gasteiger partial charge in [-0.3, -0.25) is 4.98 Å². The monoisotopic (exact) mass is 349 g/mol. The van der Waals surface area contributed by atoms with Crippen LogP contribution in [0.2, 0.25) is 0 Å². The summed E-state index contributed by atoms with van der Waals surface area (Å²) in [5, 5.41) is 4.14. The molecule has 2 heterocycles. The van der Waals surface area contributed by atoms with Crippen LogP contribution >= 0.6 is 0 Å².